The summed E-state index contributed by atoms with van der Waals surface area (Å²) in [7, 11) is 0. The van der Waals surface area contributed by atoms with E-state index >= 15 is 0 Å². The van der Waals surface area contributed by atoms with Gasteiger partial charge in [0.1, 0.15) is 11.0 Å². The molecule has 2 rings (SSSR count). The molecule has 1 saturated carbocycles. The molecule has 0 aromatic carbocycles. The summed E-state index contributed by atoms with van der Waals surface area (Å²) < 4.78 is 0. The standard InChI is InChI=1S/C10H13ClN2O/c11-8-6-9(14)13-10(12-8)7-4-2-1-3-5-7/h6-7H,1-5H2,(H,12,13,14). The maximum atomic E-state index is 11.2. The number of aromatic amines is 1. The first-order chi connectivity index (χ1) is 6.75. The molecule has 0 radical (unpaired) electrons. The third-order valence-corrected chi connectivity index (χ3v) is 2.91. The zero-order chi connectivity index (χ0) is 9.97. The summed E-state index contributed by atoms with van der Waals surface area (Å²) in [4.78, 5) is 18.1. The van der Waals surface area contributed by atoms with Gasteiger partial charge in [-0.25, -0.2) is 4.98 Å². The second-order valence-electron chi connectivity index (χ2n) is 3.79. The lowest BCUT2D eigenvalue weighted by molar-refractivity contribution is 0.428. The van der Waals surface area contributed by atoms with Crippen molar-refractivity contribution in [3.8, 4) is 0 Å². The van der Waals surface area contributed by atoms with Crippen molar-refractivity contribution in [3.63, 3.8) is 0 Å². The van der Waals surface area contributed by atoms with Crippen molar-refractivity contribution < 1.29 is 0 Å². The van der Waals surface area contributed by atoms with Crippen LogP contribution in [-0.2, 0) is 0 Å². The monoisotopic (exact) mass is 212 g/mol. The zero-order valence-electron chi connectivity index (χ0n) is 7.92. The predicted octanol–water partition coefficient (Wildman–Crippen LogP) is 2.47. The fourth-order valence-electron chi connectivity index (χ4n) is 2.02. The minimum absolute atomic E-state index is 0.148. The molecule has 3 nitrogen and oxygen atoms in total. The van der Waals surface area contributed by atoms with Gasteiger partial charge in [0.25, 0.3) is 5.56 Å². The lowest BCUT2D eigenvalue weighted by Gasteiger charge is -2.20. The van der Waals surface area contributed by atoms with Crippen molar-refractivity contribution in [2.45, 2.75) is 38.0 Å². The van der Waals surface area contributed by atoms with Gasteiger partial charge >= 0.3 is 0 Å². The van der Waals surface area contributed by atoms with Gasteiger partial charge in [0.2, 0.25) is 0 Å². The number of hydrogen-bond acceptors (Lipinski definition) is 2. The minimum Gasteiger partial charge on any atom is -0.310 e. The van der Waals surface area contributed by atoms with Gasteiger partial charge in [-0.1, -0.05) is 30.9 Å². The molecule has 4 heteroatoms. The van der Waals surface area contributed by atoms with Crippen LogP contribution in [0.4, 0.5) is 0 Å². The van der Waals surface area contributed by atoms with Crippen LogP contribution in [0.1, 0.15) is 43.8 Å². The summed E-state index contributed by atoms with van der Waals surface area (Å²) in [6.45, 7) is 0. The molecule has 1 fully saturated rings. The molecule has 1 aliphatic rings. The van der Waals surface area contributed by atoms with Crippen molar-refractivity contribution >= 4 is 11.6 Å². The molecule has 0 atom stereocenters. The van der Waals surface area contributed by atoms with Crippen molar-refractivity contribution in [2.75, 3.05) is 0 Å². The van der Waals surface area contributed by atoms with Gasteiger partial charge in [-0.05, 0) is 12.8 Å². The summed E-state index contributed by atoms with van der Waals surface area (Å²) in [5.74, 6) is 1.16. The molecule has 1 heterocycles. The second-order valence-corrected chi connectivity index (χ2v) is 4.18. The van der Waals surface area contributed by atoms with Crippen LogP contribution in [0.15, 0.2) is 10.9 Å². The van der Waals surface area contributed by atoms with Crippen LogP contribution in [-0.4, -0.2) is 9.97 Å². The highest BCUT2D eigenvalue weighted by atomic mass is 35.5. The van der Waals surface area contributed by atoms with Crippen molar-refractivity contribution in [3.05, 3.63) is 27.4 Å². The number of H-pyrrole nitrogens is 1. The van der Waals surface area contributed by atoms with E-state index in [2.05, 4.69) is 9.97 Å². The first-order valence-electron chi connectivity index (χ1n) is 5.02. The zero-order valence-corrected chi connectivity index (χ0v) is 8.68. The smallest absolute Gasteiger partial charge is 0.252 e. The van der Waals surface area contributed by atoms with E-state index in [1.165, 1.54) is 25.3 Å². The Morgan fingerprint density at radius 3 is 2.71 bits per heavy atom. The first-order valence-corrected chi connectivity index (χ1v) is 5.40. The number of halogens is 1. The Kier molecular flexibility index (Phi) is 2.87. The lowest BCUT2D eigenvalue weighted by atomic mass is 9.89. The van der Waals surface area contributed by atoms with Crippen molar-refractivity contribution in [1.29, 1.82) is 0 Å². The van der Waals surface area contributed by atoms with E-state index in [9.17, 15) is 4.79 Å². The van der Waals surface area contributed by atoms with E-state index in [-0.39, 0.29) is 5.56 Å². The SMILES string of the molecule is O=c1cc(Cl)nc(C2CCCCC2)[nH]1. The van der Waals surface area contributed by atoms with E-state index in [0.717, 1.165) is 18.7 Å². The van der Waals surface area contributed by atoms with E-state index in [1.54, 1.807) is 0 Å². The maximum absolute atomic E-state index is 11.2. The van der Waals surface area contributed by atoms with Gasteiger partial charge in [0.15, 0.2) is 0 Å². The Bertz CT molecular complexity index is 369. The van der Waals surface area contributed by atoms with E-state index < -0.39 is 0 Å². The number of aromatic nitrogens is 2. The molecule has 1 N–H and O–H groups in total. The summed E-state index contributed by atoms with van der Waals surface area (Å²) in [6.07, 6.45) is 5.97. The molecule has 76 valence electrons. The Morgan fingerprint density at radius 1 is 1.36 bits per heavy atom. The molecule has 0 amide bonds. The second kappa shape index (κ2) is 4.13. The summed E-state index contributed by atoms with van der Waals surface area (Å²) >= 11 is 5.74. The third-order valence-electron chi connectivity index (χ3n) is 2.72. The average Bonchev–Trinajstić information content (AvgIpc) is 2.18. The molecule has 0 unspecified atom stereocenters. The molecule has 0 bridgehead atoms. The molecule has 0 spiro atoms. The highest BCUT2D eigenvalue weighted by Gasteiger charge is 2.17. The number of nitrogens with zero attached hydrogens (tertiary/aromatic N) is 1. The quantitative estimate of drug-likeness (QED) is 0.727. The molecule has 1 aliphatic carbocycles. The van der Waals surface area contributed by atoms with Crippen molar-refractivity contribution in [2.24, 2.45) is 0 Å². The fourth-order valence-corrected chi connectivity index (χ4v) is 2.21. The Hall–Kier alpha value is -0.830. The van der Waals surface area contributed by atoms with Crippen LogP contribution in [0.2, 0.25) is 5.15 Å². The largest absolute Gasteiger partial charge is 0.310 e. The Morgan fingerprint density at radius 2 is 2.07 bits per heavy atom. The molecule has 0 saturated heterocycles. The predicted molar refractivity (Wildman–Crippen MR) is 55.7 cm³/mol. The van der Waals surface area contributed by atoms with Gasteiger partial charge in [0, 0.05) is 12.0 Å². The molecule has 14 heavy (non-hydrogen) atoms. The van der Waals surface area contributed by atoms with Crippen LogP contribution >= 0.6 is 11.6 Å². The fraction of sp³-hybridized carbons (Fsp3) is 0.600. The Balaban J connectivity index is 2.26. The number of hydrogen-bond donors (Lipinski definition) is 1. The maximum Gasteiger partial charge on any atom is 0.252 e. The summed E-state index contributed by atoms with van der Waals surface area (Å²) in [6, 6.07) is 1.31. The summed E-state index contributed by atoms with van der Waals surface area (Å²) in [5.41, 5.74) is -0.148. The van der Waals surface area contributed by atoms with E-state index in [4.69, 9.17) is 11.6 Å². The average molecular weight is 213 g/mol. The van der Waals surface area contributed by atoms with Gasteiger partial charge in [0.05, 0.1) is 0 Å². The number of rotatable bonds is 1. The Labute approximate surface area is 87.5 Å². The third kappa shape index (κ3) is 2.15. The van der Waals surface area contributed by atoms with Crippen LogP contribution in [0.25, 0.3) is 0 Å². The van der Waals surface area contributed by atoms with Crippen LogP contribution < -0.4 is 5.56 Å². The van der Waals surface area contributed by atoms with Gasteiger partial charge < -0.3 is 4.98 Å². The molecule has 1 aromatic rings. The molecule has 0 aliphatic heterocycles. The molecular formula is C10H13ClN2O. The van der Waals surface area contributed by atoms with Gasteiger partial charge in [-0.3, -0.25) is 4.79 Å². The lowest BCUT2D eigenvalue weighted by Crippen LogP contribution is -2.15. The van der Waals surface area contributed by atoms with Crippen LogP contribution in [0, 0.1) is 0 Å². The normalized spacial score (nSPS) is 18.4. The van der Waals surface area contributed by atoms with Gasteiger partial charge in [-0.2, -0.15) is 0 Å². The highest BCUT2D eigenvalue weighted by molar-refractivity contribution is 6.29. The van der Waals surface area contributed by atoms with Crippen LogP contribution in [0.3, 0.4) is 0 Å². The first kappa shape index (κ1) is 9.71. The van der Waals surface area contributed by atoms with E-state index in [1.807, 2.05) is 0 Å². The summed E-state index contributed by atoms with van der Waals surface area (Å²) in [5, 5.41) is 0.300. The molecule has 1 aromatic heterocycles. The number of nitrogens with one attached hydrogen (secondary N) is 1. The van der Waals surface area contributed by atoms with Crippen LogP contribution in [0.5, 0.6) is 0 Å². The topological polar surface area (TPSA) is 45.8 Å². The van der Waals surface area contributed by atoms with Crippen molar-refractivity contribution in [1.82, 2.24) is 9.97 Å². The highest BCUT2D eigenvalue weighted by Crippen LogP contribution is 2.30. The minimum atomic E-state index is -0.148. The van der Waals surface area contributed by atoms with Gasteiger partial charge in [-0.15, -0.1) is 0 Å². The van der Waals surface area contributed by atoms with E-state index in [0.29, 0.717) is 11.1 Å². The molecular weight excluding hydrogens is 200 g/mol.